The first kappa shape index (κ1) is 21.2. The summed E-state index contributed by atoms with van der Waals surface area (Å²) in [5.74, 6) is 1.05. The number of rotatable bonds is 4. The van der Waals surface area contributed by atoms with Crippen molar-refractivity contribution < 1.29 is 14.0 Å². The Morgan fingerprint density at radius 3 is 2.58 bits per heavy atom. The summed E-state index contributed by atoms with van der Waals surface area (Å²) in [5, 5.41) is 0. The molecule has 2 aliphatic heterocycles. The second-order valence-corrected chi connectivity index (χ2v) is 8.68. The summed E-state index contributed by atoms with van der Waals surface area (Å²) in [6.07, 6.45) is 1.80. The van der Waals surface area contributed by atoms with E-state index in [1.54, 1.807) is 17.0 Å². The van der Waals surface area contributed by atoms with Crippen LogP contribution >= 0.6 is 0 Å². The molecule has 0 spiro atoms. The number of carbonyl (C=O) groups is 2. The summed E-state index contributed by atoms with van der Waals surface area (Å²) < 4.78 is 13.3. The van der Waals surface area contributed by atoms with Crippen LogP contribution in [-0.2, 0) is 17.8 Å². The predicted molar refractivity (Wildman–Crippen MR) is 122 cm³/mol. The van der Waals surface area contributed by atoms with E-state index in [9.17, 15) is 14.0 Å². The van der Waals surface area contributed by atoms with Crippen LogP contribution in [0.4, 0.5) is 10.2 Å². The summed E-state index contributed by atoms with van der Waals surface area (Å²) >= 11 is 0. The van der Waals surface area contributed by atoms with Gasteiger partial charge in [-0.3, -0.25) is 14.5 Å². The van der Waals surface area contributed by atoms with E-state index in [4.69, 9.17) is 9.97 Å². The Morgan fingerprint density at radius 1 is 1.06 bits per heavy atom. The van der Waals surface area contributed by atoms with Gasteiger partial charge in [-0.2, -0.15) is 0 Å². The van der Waals surface area contributed by atoms with Crippen molar-refractivity contribution in [3.63, 3.8) is 0 Å². The molecule has 1 fully saturated rings. The van der Waals surface area contributed by atoms with Crippen molar-refractivity contribution in [2.45, 2.75) is 38.6 Å². The molecular formula is C26H25FN4O2. The number of nitrogens with zero attached hydrogens (tertiary/aromatic N) is 4. The number of aromatic nitrogens is 2. The fourth-order valence-electron chi connectivity index (χ4n) is 4.64. The van der Waals surface area contributed by atoms with E-state index >= 15 is 0 Å². The molecule has 2 amide bonds. The molecule has 0 N–H and O–H groups in total. The van der Waals surface area contributed by atoms with Gasteiger partial charge in [0.2, 0.25) is 5.91 Å². The summed E-state index contributed by atoms with van der Waals surface area (Å²) in [5.41, 5.74) is 3.38. The zero-order chi connectivity index (χ0) is 22.9. The highest BCUT2D eigenvalue weighted by molar-refractivity contribution is 5.95. The van der Waals surface area contributed by atoms with Gasteiger partial charge in [-0.15, -0.1) is 0 Å². The zero-order valence-electron chi connectivity index (χ0n) is 18.5. The van der Waals surface area contributed by atoms with E-state index in [2.05, 4.69) is 0 Å². The molecule has 33 heavy (non-hydrogen) atoms. The molecule has 0 radical (unpaired) electrons. The molecule has 6 nitrogen and oxygen atoms in total. The topological polar surface area (TPSA) is 66.4 Å². The third-order valence-corrected chi connectivity index (χ3v) is 6.47. The minimum atomic E-state index is -0.305. The zero-order valence-corrected chi connectivity index (χ0v) is 18.5. The quantitative estimate of drug-likeness (QED) is 0.609. The number of hydrogen-bond acceptors (Lipinski definition) is 4. The van der Waals surface area contributed by atoms with Crippen LogP contribution in [0, 0.1) is 12.7 Å². The van der Waals surface area contributed by atoms with E-state index < -0.39 is 0 Å². The molecule has 168 valence electrons. The molecule has 3 aromatic rings. The highest BCUT2D eigenvalue weighted by atomic mass is 19.1. The second kappa shape index (κ2) is 8.73. The van der Waals surface area contributed by atoms with Gasteiger partial charge < -0.3 is 4.90 Å². The van der Waals surface area contributed by atoms with Crippen molar-refractivity contribution in [2.24, 2.45) is 0 Å². The van der Waals surface area contributed by atoms with Crippen LogP contribution in [0.25, 0.3) is 0 Å². The van der Waals surface area contributed by atoms with Crippen LogP contribution in [0.1, 0.15) is 51.8 Å². The lowest BCUT2D eigenvalue weighted by atomic mass is 10.0. The number of aryl methyl sites for hydroxylation is 1. The number of likely N-dealkylation sites (tertiary alicyclic amines) is 1. The first-order chi connectivity index (χ1) is 16.0. The summed E-state index contributed by atoms with van der Waals surface area (Å²) in [6, 6.07) is 15.5. The maximum Gasteiger partial charge on any atom is 0.253 e. The van der Waals surface area contributed by atoms with Crippen LogP contribution in [-0.4, -0.2) is 39.8 Å². The summed E-state index contributed by atoms with van der Waals surface area (Å²) in [6.45, 7) is 3.50. The van der Waals surface area contributed by atoms with Crippen molar-refractivity contribution in [1.82, 2.24) is 14.9 Å². The molecule has 1 atom stereocenters. The van der Waals surface area contributed by atoms with E-state index in [1.807, 2.05) is 42.2 Å². The molecule has 0 saturated carbocycles. The second-order valence-electron chi connectivity index (χ2n) is 8.68. The van der Waals surface area contributed by atoms with Gasteiger partial charge in [0, 0.05) is 42.2 Å². The number of carbonyl (C=O) groups excluding carboxylic acids is 2. The molecule has 2 aliphatic rings. The Hall–Kier alpha value is -3.61. The lowest BCUT2D eigenvalue weighted by molar-refractivity contribution is -0.119. The average molecular weight is 445 g/mol. The fourth-order valence-corrected chi connectivity index (χ4v) is 4.64. The van der Waals surface area contributed by atoms with Gasteiger partial charge in [-0.25, -0.2) is 14.4 Å². The number of amides is 2. The fraction of sp³-hybridized carbons (Fsp3) is 0.308. The lowest BCUT2D eigenvalue weighted by Crippen LogP contribution is -2.36. The number of fused-ring (bicyclic) bond motifs is 1. The van der Waals surface area contributed by atoms with Gasteiger partial charge >= 0.3 is 0 Å². The Morgan fingerprint density at radius 2 is 1.82 bits per heavy atom. The van der Waals surface area contributed by atoms with E-state index in [0.717, 1.165) is 23.2 Å². The van der Waals surface area contributed by atoms with Crippen LogP contribution in [0.3, 0.4) is 0 Å². The van der Waals surface area contributed by atoms with Gasteiger partial charge in [0.1, 0.15) is 17.5 Å². The maximum absolute atomic E-state index is 13.3. The maximum atomic E-state index is 13.3. The van der Waals surface area contributed by atoms with Gasteiger partial charge in [0.05, 0.1) is 6.54 Å². The first-order valence-corrected chi connectivity index (χ1v) is 11.3. The highest BCUT2D eigenvalue weighted by Crippen LogP contribution is 2.33. The average Bonchev–Trinajstić information content (AvgIpc) is 3.32. The van der Waals surface area contributed by atoms with E-state index in [-0.39, 0.29) is 23.5 Å². The minimum absolute atomic E-state index is 0.00294. The van der Waals surface area contributed by atoms with Crippen LogP contribution < -0.4 is 4.90 Å². The predicted octanol–water partition coefficient (Wildman–Crippen LogP) is 4.03. The molecule has 3 heterocycles. The molecule has 1 aromatic heterocycles. The number of benzene rings is 2. The monoisotopic (exact) mass is 444 g/mol. The van der Waals surface area contributed by atoms with Crippen LogP contribution in [0.15, 0.2) is 54.6 Å². The number of hydrogen-bond donors (Lipinski definition) is 0. The van der Waals surface area contributed by atoms with Crippen molar-refractivity contribution in [1.29, 1.82) is 0 Å². The van der Waals surface area contributed by atoms with Crippen molar-refractivity contribution in [2.75, 3.05) is 18.0 Å². The largest absolute Gasteiger partial charge is 0.338 e. The Labute approximate surface area is 192 Å². The lowest BCUT2D eigenvalue weighted by Gasteiger charge is -2.30. The van der Waals surface area contributed by atoms with Crippen LogP contribution in [0.2, 0.25) is 0 Å². The molecule has 2 aromatic carbocycles. The minimum Gasteiger partial charge on any atom is -0.338 e. The molecule has 7 heteroatoms. The Kier molecular flexibility index (Phi) is 5.62. The van der Waals surface area contributed by atoms with Gasteiger partial charge in [0.25, 0.3) is 5.91 Å². The summed E-state index contributed by atoms with van der Waals surface area (Å²) in [7, 11) is 0. The van der Waals surface area contributed by atoms with Crippen molar-refractivity contribution in [3.05, 3.63) is 88.6 Å². The third kappa shape index (κ3) is 4.23. The Bertz CT molecular complexity index is 1200. The molecule has 0 bridgehead atoms. The molecule has 1 unspecified atom stereocenters. The number of anilines is 1. The highest BCUT2D eigenvalue weighted by Gasteiger charge is 2.33. The molecule has 5 rings (SSSR count). The number of halogens is 1. The van der Waals surface area contributed by atoms with Crippen molar-refractivity contribution in [3.8, 4) is 0 Å². The first-order valence-electron chi connectivity index (χ1n) is 11.3. The standard InChI is InChI=1S/C26H25FN4O2/c1-17-22-11-12-23(32)31(15-18-7-9-21(27)10-8-18)25(22)29-24(28-17)20-13-14-30(16-20)26(33)19-5-3-2-4-6-19/h2-10,20H,11-16H2,1H3. The van der Waals surface area contributed by atoms with E-state index in [0.29, 0.717) is 49.7 Å². The smallest absolute Gasteiger partial charge is 0.253 e. The van der Waals surface area contributed by atoms with Gasteiger partial charge in [-0.1, -0.05) is 30.3 Å². The van der Waals surface area contributed by atoms with E-state index in [1.165, 1.54) is 12.1 Å². The SMILES string of the molecule is Cc1nc(C2CCN(C(=O)c3ccccc3)C2)nc2c1CCC(=O)N2Cc1ccc(F)cc1. The van der Waals surface area contributed by atoms with Crippen LogP contribution in [0.5, 0.6) is 0 Å². The summed E-state index contributed by atoms with van der Waals surface area (Å²) in [4.78, 5) is 38.8. The normalized spacial score (nSPS) is 17.9. The van der Waals surface area contributed by atoms with Gasteiger partial charge in [-0.05, 0) is 49.6 Å². The van der Waals surface area contributed by atoms with Gasteiger partial charge in [0.15, 0.2) is 0 Å². The Balaban J connectivity index is 1.41. The molecule has 1 saturated heterocycles. The molecule has 0 aliphatic carbocycles. The van der Waals surface area contributed by atoms with Crippen molar-refractivity contribution >= 4 is 17.6 Å². The molecular weight excluding hydrogens is 419 g/mol. The third-order valence-electron chi connectivity index (χ3n) is 6.47.